The average Bonchev–Trinajstić information content (AvgIpc) is 3.23. The number of rotatable bonds is 2. The van der Waals surface area contributed by atoms with Crippen molar-refractivity contribution in [1.82, 2.24) is 0 Å². The lowest BCUT2D eigenvalue weighted by atomic mass is 9.61. The minimum absolute atomic E-state index is 0.0159. The lowest BCUT2D eigenvalue weighted by Crippen LogP contribution is -2.75. The number of hydrogen-bond donors (Lipinski definition) is 0. The van der Waals surface area contributed by atoms with Crippen LogP contribution in [0.2, 0.25) is 0 Å². The van der Waals surface area contributed by atoms with Gasteiger partial charge < -0.3 is 0 Å². The molecular formula is C48H50SSi. The second-order valence-electron chi connectivity index (χ2n) is 16.2. The summed E-state index contributed by atoms with van der Waals surface area (Å²) < 4.78 is 0. The van der Waals surface area contributed by atoms with Crippen molar-refractivity contribution in [3.63, 3.8) is 0 Å². The van der Waals surface area contributed by atoms with E-state index in [9.17, 15) is 0 Å². The molecule has 2 heterocycles. The summed E-state index contributed by atoms with van der Waals surface area (Å²) in [5, 5.41) is 5.95. The smallest absolute Gasteiger partial charge is 0.0895 e. The van der Waals surface area contributed by atoms with Gasteiger partial charge in [-0.15, -0.1) is 0 Å². The zero-order valence-electron chi connectivity index (χ0n) is 30.9. The molecule has 0 atom stereocenters. The Morgan fingerprint density at radius 1 is 0.320 bits per heavy atom. The van der Waals surface area contributed by atoms with Crippen LogP contribution in [0, 0.1) is 0 Å². The van der Waals surface area contributed by atoms with E-state index >= 15 is 0 Å². The summed E-state index contributed by atoms with van der Waals surface area (Å²) in [7, 11) is -2.50. The summed E-state index contributed by atoms with van der Waals surface area (Å²) in [6.45, 7) is 19.2. The fraction of sp³-hybridized carbons (Fsp3) is 0.250. The second kappa shape index (κ2) is 12.6. The molecule has 0 unspecified atom stereocenters. The minimum Gasteiger partial charge on any atom is -0.0895 e. The largest absolute Gasteiger partial charge is 0.180 e. The first-order valence-electron chi connectivity index (χ1n) is 18.0. The summed E-state index contributed by atoms with van der Waals surface area (Å²) in [4.78, 5) is 2.79. The molecule has 0 saturated heterocycles. The molecule has 2 aliphatic heterocycles. The third-order valence-corrected chi connectivity index (χ3v) is 18.9. The van der Waals surface area contributed by atoms with Gasteiger partial charge in [0.2, 0.25) is 0 Å². The van der Waals surface area contributed by atoms with Gasteiger partial charge in [0.05, 0.1) is 0 Å². The van der Waals surface area contributed by atoms with Crippen LogP contribution in [0.1, 0.15) is 77.6 Å². The Kier molecular flexibility index (Phi) is 8.64. The predicted molar refractivity (Wildman–Crippen MR) is 219 cm³/mol. The highest BCUT2D eigenvalue weighted by Gasteiger charge is 2.53. The lowest BCUT2D eigenvalue weighted by Gasteiger charge is -2.42. The first-order valence-corrected chi connectivity index (χ1v) is 20.9. The molecule has 0 aliphatic carbocycles. The molecule has 0 amide bonds. The van der Waals surface area contributed by atoms with E-state index in [0.29, 0.717) is 0 Å². The van der Waals surface area contributed by atoms with Crippen LogP contribution >= 0.6 is 11.8 Å². The molecule has 0 bridgehead atoms. The van der Waals surface area contributed by atoms with Crippen LogP contribution in [-0.4, -0.2) is 8.07 Å². The molecular weight excluding hydrogens is 637 g/mol. The van der Waals surface area contributed by atoms with Crippen LogP contribution in [0.3, 0.4) is 0 Å². The zero-order chi connectivity index (χ0) is 35.4. The topological polar surface area (TPSA) is 0 Å². The van der Waals surface area contributed by atoms with Crippen molar-refractivity contribution in [3.05, 3.63) is 180 Å². The normalized spacial score (nSPS) is 18.3. The van der Waals surface area contributed by atoms with Gasteiger partial charge in [-0.25, -0.2) is 0 Å². The highest BCUT2D eigenvalue weighted by atomic mass is 32.2. The van der Waals surface area contributed by atoms with E-state index in [-0.39, 0.29) is 21.7 Å². The highest BCUT2D eigenvalue weighted by molar-refractivity contribution is 7.99. The maximum absolute atomic E-state index is 2.50. The molecule has 0 saturated carbocycles. The molecule has 8 rings (SSSR count). The molecule has 2 aliphatic rings. The fourth-order valence-electron chi connectivity index (χ4n) is 8.63. The Balaban J connectivity index is 0.000000176. The van der Waals surface area contributed by atoms with E-state index in [1.165, 1.54) is 52.8 Å². The van der Waals surface area contributed by atoms with Crippen LogP contribution < -0.4 is 20.7 Å². The monoisotopic (exact) mass is 686 g/mol. The van der Waals surface area contributed by atoms with Gasteiger partial charge in [-0.3, -0.25) is 0 Å². The fourth-order valence-corrected chi connectivity index (χ4v) is 15.6. The number of benzene rings is 6. The number of hydrogen-bond acceptors (Lipinski definition) is 1. The van der Waals surface area contributed by atoms with Gasteiger partial charge in [-0.1, -0.05) is 213 Å². The van der Waals surface area contributed by atoms with E-state index in [0.717, 1.165) is 0 Å². The van der Waals surface area contributed by atoms with Gasteiger partial charge in [-0.2, -0.15) is 0 Å². The van der Waals surface area contributed by atoms with Crippen molar-refractivity contribution < 1.29 is 0 Å². The van der Waals surface area contributed by atoms with E-state index < -0.39 is 8.07 Å². The van der Waals surface area contributed by atoms with Gasteiger partial charge in [-0.05, 0) is 76.8 Å². The quantitative estimate of drug-likeness (QED) is 0.164. The van der Waals surface area contributed by atoms with E-state index in [1.54, 1.807) is 0 Å². The predicted octanol–water partition coefficient (Wildman–Crippen LogP) is 10.0. The first kappa shape index (κ1) is 34.3. The standard InChI is InChI=1S/C30H30Si.C18H20S/c1-29(2)25-19-11-13-21-27(25)31(23-15-7-5-8-16-23,24-17-9-6-10-18-24)28-22-14-12-20-26(28)30(29,3)4;1-17(2)13-9-5-7-11-15(13)19-16-12-8-6-10-14(16)18(17,3)4/h5-22H,1-4H3;5-12H,1-4H3. The molecule has 0 nitrogen and oxygen atoms in total. The Morgan fingerprint density at radius 3 is 0.980 bits per heavy atom. The van der Waals surface area contributed by atoms with Gasteiger partial charge in [0, 0.05) is 9.79 Å². The van der Waals surface area contributed by atoms with Crippen LogP contribution in [0.5, 0.6) is 0 Å². The summed E-state index contributed by atoms with van der Waals surface area (Å²) in [6, 6.07) is 58.8. The number of fused-ring (bicyclic) bond motifs is 4. The lowest BCUT2D eigenvalue weighted by molar-refractivity contribution is 0.296. The Morgan fingerprint density at radius 2 is 0.600 bits per heavy atom. The molecule has 0 spiro atoms. The maximum atomic E-state index is 2.43. The van der Waals surface area contributed by atoms with Crippen LogP contribution in [0.15, 0.2) is 168 Å². The van der Waals surface area contributed by atoms with Crippen molar-refractivity contribution in [3.8, 4) is 0 Å². The highest BCUT2D eigenvalue weighted by Crippen LogP contribution is 2.53. The van der Waals surface area contributed by atoms with E-state index in [1.807, 2.05) is 11.8 Å². The van der Waals surface area contributed by atoms with Crippen molar-refractivity contribution >= 4 is 40.6 Å². The van der Waals surface area contributed by atoms with Crippen molar-refractivity contribution in [2.24, 2.45) is 0 Å². The molecule has 0 fully saturated rings. The molecule has 0 aromatic heterocycles. The third-order valence-electron chi connectivity index (χ3n) is 12.9. The van der Waals surface area contributed by atoms with Gasteiger partial charge in [0.1, 0.15) is 0 Å². The molecule has 50 heavy (non-hydrogen) atoms. The minimum atomic E-state index is -2.50. The third kappa shape index (κ3) is 5.09. The Hall–Kier alpha value is -4.11. The van der Waals surface area contributed by atoms with Gasteiger partial charge in [0.15, 0.2) is 8.07 Å². The Bertz CT molecular complexity index is 1980. The van der Waals surface area contributed by atoms with Crippen molar-refractivity contribution in [1.29, 1.82) is 0 Å². The molecule has 0 radical (unpaired) electrons. The summed E-state index contributed by atoms with van der Waals surface area (Å²) >= 11 is 1.91. The molecule has 6 aromatic rings. The molecule has 6 aromatic carbocycles. The van der Waals surface area contributed by atoms with Crippen molar-refractivity contribution in [2.75, 3.05) is 0 Å². The molecule has 252 valence electrons. The second-order valence-corrected chi connectivity index (χ2v) is 21.0. The Labute approximate surface area is 306 Å². The zero-order valence-corrected chi connectivity index (χ0v) is 32.7. The summed E-state index contributed by atoms with van der Waals surface area (Å²) in [6.07, 6.45) is 0. The molecule has 0 N–H and O–H groups in total. The molecule has 2 heteroatoms. The van der Waals surface area contributed by atoms with Gasteiger partial charge in [0.25, 0.3) is 0 Å². The average molecular weight is 687 g/mol. The van der Waals surface area contributed by atoms with Crippen LogP contribution in [-0.2, 0) is 21.7 Å². The van der Waals surface area contributed by atoms with Crippen molar-refractivity contribution in [2.45, 2.75) is 86.8 Å². The first-order chi connectivity index (χ1) is 23.9. The van der Waals surface area contributed by atoms with Crippen LogP contribution in [0.25, 0.3) is 0 Å². The van der Waals surface area contributed by atoms with E-state index in [2.05, 4.69) is 213 Å². The summed E-state index contributed by atoms with van der Waals surface area (Å²) in [5.74, 6) is 0. The van der Waals surface area contributed by atoms with E-state index in [4.69, 9.17) is 0 Å². The van der Waals surface area contributed by atoms with Gasteiger partial charge >= 0.3 is 0 Å². The maximum Gasteiger partial charge on any atom is 0.180 e. The van der Waals surface area contributed by atoms with Crippen LogP contribution in [0.4, 0.5) is 0 Å². The SMILES string of the molecule is CC1(C)c2ccccc2Sc2ccccc2C1(C)C.CC1(C)c2ccccc2[Si](c2ccccc2)(c2ccccc2)c2ccccc2C1(C)C. The summed E-state index contributed by atoms with van der Waals surface area (Å²) in [5.41, 5.74) is 6.08.